The monoisotopic (exact) mass is 309 g/mol. The van der Waals surface area contributed by atoms with Crippen LogP contribution >= 0.6 is 11.8 Å². The van der Waals surface area contributed by atoms with Crippen LogP contribution in [0.3, 0.4) is 0 Å². The molecule has 0 heterocycles. The van der Waals surface area contributed by atoms with Crippen LogP contribution in [0.2, 0.25) is 0 Å². The van der Waals surface area contributed by atoms with Gasteiger partial charge in [0.2, 0.25) is 0 Å². The van der Waals surface area contributed by atoms with Crippen LogP contribution in [0.25, 0.3) is 0 Å². The highest BCUT2D eigenvalue weighted by atomic mass is 32.2. The SMILES string of the molecule is CNCCCN(C)S(=O)(=O)NCCSC(F)(F)F. The van der Waals surface area contributed by atoms with Crippen LogP contribution in [0.15, 0.2) is 0 Å². The van der Waals surface area contributed by atoms with Gasteiger partial charge < -0.3 is 5.32 Å². The Bertz CT molecular complexity index is 322. The van der Waals surface area contributed by atoms with Crippen molar-refractivity contribution < 1.29 is 21.6 Å². The Balaban J connectivity index is 3.92. The maximum absolute atomic E-state index is 11.8. The molecule has 0 aliphatic heterocycles. The summed E-state index contributed by atoms with van der Waals surface area (Å²) in [6.07, 6.45) is 0.630. The first kappa shape index (κ1) is 18.0. The van der Waals surface area contributed by atoms with Crippen molar-refractivity contribution in [1.82, 2.24) is 14.3 Å². The Morgan fingerprint density at radius 3 is 2.39 bits per heavy atom. The predicted molar refractivity (Wildman–Crippen MR) is 66.6 cm³/mol. The highest BCUT2D eigenvalue weighted by Gasteiger charge is 2.27. The van der Waals surface area contributed by atoms with Crippen LogP contribution < -0.4 is 10.0 Å². The predicted octanol–water partition coefficient (Wildman–Crippen LogP) is 0.615. The third-order valence-electron chi connectivity index (χ3n) is 1.96. The Kier molecular flexibility index (Phi) is 8.19. The zero-order chi connectivity index (χ0) is 14.2. The second kappa shape index (κ2) is 8.20. The number of hydrogen-bond acceptors (Lipinski definition) is 4. The molecule has 0 amide bonds. The Morgan fingerprint density at radius 1 is 1.28 bits per heavy atom. The van der Waals surface area contributed by atoms with E-state index >= 15 is 0 Å². The maximum atomic E-state index is 11.8. The lowest BCUT2D eigenvalue weighted by Crippen LogP contribution is -2.40. The molecule has 0 unspecified atom stereocenters. The summed E-state index contributed by atoms with van der Waals surface area (Å²) in [6.45, 7) is 0.731. The molecule has 2 N–H and O–H groups in total. The largest absolute Gasteiger partial charge is 0.441 e. The first-order valence-corrected chi connectivity index (χ1v) is 7.68. The molecule has 0 spiro atoms. The minimum Gasteiger partial charge on any atom is -0.320 e. The number of hydrogen-bond donors (Lipinski definition) is 2. The van der Waals surface area contributed by atoms with Crippen LogP contribution in [0.1, 0.15) is 6.42 Å². The van der Waals surface area contributed by atoms with E-state index < -0.39 is 15.7 Å². The van der Waals surface area contributed by atoms with Gasteiger partial charge in [-0.05, 0) is 31.8 Å². The first-order valence-electron chi connectivity index (χ1n) is 5.25. The lowest BCUT2D eigenvalue weighted by atomic mass is 10.4. The van der Waals surface area contributed by atoms with Crippen molar-refractivity contribution in [2.75, 3.05) is 39.5 Å². The summed E-state index contributed by atoms with van der Waals surface area (Å²) in [7, 11) is -0.549. The molecule has 0 aromatic heterocycles. The van der Waals surface area contributed by atoms with Gasteiger partial charge in [-0.2, -0.15) is 25.9 Å². The smallest absolute Gasteiger partial charge is 0.320 e. The Morgan fingerprint density at radius 2 is 1.89 bits per heavy atom. The fraction of sp³-hybridized carbons (Fsp3) is 1.00. The molecule has 5 nitrogen and oxygen atoms in total. The topological polar surface area (TPSA) is 61.4 Å². The normalized spacial score (nSPS) is 13.2. The molecule has 0 saturated carbocycles. The number of nitrogens with one attached hydrogen (secondary N) is 2. The summed E-state index contributed by atoms with van der Waals surface area (Å²) < 4.78 is 61.7. The molecule has 0 rings (SSSR count). The van der Waals surface area contributed by atoms with Gasteiger partial charge in [-0.15, -0.1) is 0 Å². The van der Waals surface area contributed by atoms with Crippen LogP contribution in [-0.4, -0.2) is 57.7 Å². The van der Waals surface area contributed by atoms with E-state index in [2.05, 4.69) is 10.0 Å². The van der Waals surface area contributed by atoms with Gasteiger partial charge >= 0.3 is 5.51 Å². The maximum Gasteiger partial charge on any atom is 0.441 e. The van der Waals surface area contributed by atoms with Gasteiger partial charge in [-0.1, -0.05) is 0 Å². The zero-order valence-electron chi connectivity index (χ0n) is 10.2. The third-order valence-corrected chi connectivity index (χ3v) is 4.27. The van der Waals surface area contributed by atoms with Crippen molar-refractivity contribution in [3.05, 3.63) is 0 Å². The molecular formula is C8H18F3N3O2S2. The summed E-state index contributed by atoms with van der Waals surface area (Å²) in [5.74, 6) is -0.340. The van der Waals surface area contributed by atoms with E-state index in [1.54, 1.807) is 7.05 Å². The molecule has 0 aromatic rings. The van der Waals surface area contributed by atoms with E-state index in [-0.39, 0.29) is 24.1 Å². The van der Waals surface area contributed by atoms with Gasteiger partial charge in [0.1, 0.15) is 0 Å². The highest BCUT2D eigenvalue weighted by molar-refractivity contribution is 8.00. The molecule has 0 aliphatic rings. The van der Waals surface area contributed by atoms with E-state index in [4.69, 9.17) is 0 Å². The van der Waals surface area contributed by atoms with Gasteiger partial charge in [0, 0.05) is 25.9 Å². The summed E-state index contributed by atoms with van der Waals surface area (Å²) in [5, 5.41) is 2.87. The molecule has 0 bridgehead atoms. The van der Waals surface area contributed by atoms with Crippen molar-refractivity contribution in [3.63, 3.8) is 0 Å². The summed E-state index contributed by atoms with van der Waals surface area (Å²) >= 11 is -0.248. The van der Waals surface area contributed by atoms with Gasteiger partial charge in [-0.3, -0.25) is 0 Å². The number of thioether (sulfide) groups is 1. The minimum absolute atomic E-state index is 0.247. The van der Waals surface area contributed by atoms with Crippen LogP contribution in [0, 0.1) is 0 Å². The van der Waals surface area contributed by atoms with E-state index in [0.717, 1.165) is 4.31 Å². The fourth-order valence-electron chi connectivity index (χ4n) is 1.05. The molecule has 10 heteroatoms. The Labute approximate surface area is 110 Å². The van der Waals surface area contributed by atoms with Crippen LogP contribution in [-0.2, 0) is 10.2 Å². The van der Waals surface area contributed by atoms with Crippen molar-refractivity contribution in [2.45, 2.75) is 11.9 Å². The number of rotatable bonds is 9. The fourth-order valence-corrected chi connectivity index (χ4v) is 2.56. The summed E-state index contributed by atoms with van der Waals surface area (Å²) in [5.41, 5.74) is -4.33. The van der Waals surface area contributed by atoms with Crippen molar-refractivity contribution in [2.24, 2.45) is 0 Å². The second-order valence-corrected chi connectivity index (χ2v) is 6.49. The molecular weight excluding hydrogens is 291 g/mol. The van der Waals surface area contributed by atoms with Gasteiger partial charge in [-0.25, -0.2) is 4.72 Å². The molecule has 0 atom stereocenters. The lowest BCUT2D eigenvalue weighted by Gasteiger charge is -2.17. The molecule has 0 fully saturated rings. The summed E-state index contributed by atoms with van der Waals surface area (Å²) in [4.78, 5) is 0. The van der Waals surface area contributed by atoms with Crippen molar-refractivity contribution >= 4 is 22.0 Å². The van der Waals surface area contributed by atoms with Crippen molar-refractivity contribution in [1.29, 1.82) is 0 Å². The summed E-state index contributed by atoms with van der Waals surface area (Å²) in [6, 6.07) is 0. The lowest BCUT2D eigenvalue weighted by molar-refractivity contribution is -0.0327. The molecule has 0 radical (unpaired) electrons. The minimum atomic E-state index is -4.33. The first-order chi connectivity index (χ1) is 8.19. The van der Waals surface area contributed by atoms with Crippen LogP contribution in [0.4, 0.5) is 13.2 Å². The highest BCUT2D eigenvalue weighted by Crippen LogP contribution is 2.29. The van der Waals surface area contributed by atoms with E-state index in [1.165, 1.54) is 7.05 Å². The quantitative estimate of drug-likeness (QED) is 0.613. The molecule has 0 aliphatic carbocycles. The molecule has 0 aromatic carbocycles. The standard InChI is InChI=1S/C8H18F3N3O2S2/c1-12-4-3-6-14(2)18(15,16)13-5-7-17-8(9,10)11/h12-13H,3-7H2,1-2H3. The number of halogens is 3. The average molecular weight is 309 g/mol. The van der Waals surface area contributed by atoms with E-state index in [1.807, 2.05) is 0 Å². The van der Waals surface area contributed by atoms with Gasteiger partial charge in [0.25, 0.3) is 10.2 Å². The van der Waals surface area contributed by atoms with Crippen LogP contribution in [0.5, 0.6) is 0 Å². The second-order valence-electron chi connectivity index (χ2n) is 3.47. The molecule has 0 saturated heterocycles. The van der Waals surface area contributed by atoms with Gasteiger partial charge in [0.05, 0.1) is 0 Å². The zero-order valence-corrected chi connectivity index (χ0v) is 11.9. The third kappa shape index (κ3) is 8.97. The van der Waals surface area contributed by atoms with E-state index in [0.29, 0.717) is 19.5 Å². The number of alkyl halides is 3. The van der Waals surface area contributed by atoms with E-state index in [9.17, 15) is 21.6 Å². The average Bonchev–Trinajstić information content (AvgIpc) is 2.23. The molecule has 110 valence electrons. The van der Waals surface area contributed by atoms with Crippen molar-refractivity contribution in [3.8, 4) is 0 Å². The molecule has 18 heavy (non-hydrogen) atoms. The Hall–Kier alpha value is -0.0300. The van der Waals surface area contributed by atoms with Gasteiger partial charge in [0.15, 0.2) is 0 Å². The number of nitrogens with zero attached hydrogens (tertiary/aromatic N) is 1.